The maximum absolute atomic E-state index is 5.52. The zero-order valence-corrected chi connectivity index (χ0v) is 14.2. The number of nitrogens with zero attached hydrogens (tertiary/aromatic N) is 2. The van der Waals surface area contributed by atoms with Gasteiger partial charge in [-0.15, -0.1) is 0 Å². The van der Waals surface area contributed by atoms with E-state index < -0.39 is 0 Å². The van der Waals surface area contributed by atoms with Crippen LogP contribution in [0.3, 0.4) is 0 Å². The number of hydrogen-bond acceptors (Lipinski definition) is 3. The van der Waals surface area contributed by atoms with Crippen molar-refractivity contribution in [2.75, 3.05) is 31.6 Å². The Hall–Kier alpha value is -0.450. The van der Waals surface area contributed by atoms with Gasteiger partial charge < -0.3 is 4.74 Å². The van der Waals surface area contributed by atoms with Gasteiger partial charge in [-0.05, 0) is 43.9 Å². The lowest BCUT2D eigenvalue weighted by molar-refractivity contribution is 0.00746. The van der Waals surface area contributed by atoms with Crippen molar-refractivity contribution in [2.24, 2.45) is 5.41 Å². The van der Waals surface area contributed by atoms with E-state index in [0.29, 0.717) is 5.41 Å². The molecule has 1 aliphatic heterocycles. The Kier molecular flexibility index (Phi) is 6.00. The Morgan fingerprint density at radius 2 is 2.10 bits per heavy atom. The highest BCUT2D eigenvalue weighted by Gasteiger charge is 2.33. The Morgan fingerprint density at radius 3 is 2.70 bits per heavy atom. The van der Waals surface area contributed by atoms with E-state index in [4.69, 9.17) is 4.74 Å². The fourth-order valence-corrected chi connectivity index (χ4v) is 3.55. The van der Waals surface area contributed by atoms with Gasteiger partial charge in [-0.3, -0.25) is 9.88 Å². The van der Waals surface area contributed by atoms with Crippen molar-refractivity contribution in [2.45, 2.75) is 33.2 Å². The molecule has 1 aromatic heterocycles. The molecule has 2 heterocycles. The molecule has 0 aromatic carbocycles. The average Bonchev–Trinajstić information content (AvgIpc) is 2.47. The molecule has 0 radical (unpaired) electrons. The second-order valence-corrected chi connectivity index (χ2v) is 6.38. The van der Waals surface area contributed by atoms with Crippen molar-refractivity contribution in [3.8, 4) is 0 Å². The van der Waals surface area contributed by atoms with Crippen LogP contribution < -0.4 is 0 Å². The molecule has 0 bridgehead atoms. The first-order valence-electron chi connectivity index (χ1n) is 7.46. The first kappa shape index (κ1) is 15.9. The van der Waals surface area contributed by atoms with E-state index in [1.807, 2.05) is 0 Å². The molecular weight excluding hydrogens is 316 g/mol. The average molecular weight is 341 g/mol. The summed E-state index contributed by atoms with van der Waals surface area (Å²) in [6.45, 7) is 9.19. The number of halogens is 1. The second-order valence-electron chi connectivity index (χ2n) is 5.82. The topological polar surface area (TPSA) is 25.4 Å². The first-order valence-corrected chi connectivity index (χ1v) is 8.58. The van der Waals surface area contributed by atoms with Crippen LogP contribution in [0.1, 0.15) is 31.2 Å². The molecule has 0 N–H and O–H groups in total. The van der Waals surface area contributed by atoms with Gasteiger partial charge in [0, 0.05) is 37.3 Å². The molecule has 3 nitrogen and oxygen atoms in total. The summed E-state index contributed by atoms with van der Waals surface area (Å²) in [5.41, 5.74) is 2.63. The van der Waals surface area contributed by atoms with E-state index in [9.17, 15) is 0 Å². The van der Waals surface area contributed by atoms with E-state index in [1.54, 1.807) is 0 Å². The Labute approximate surface area is 130 Å². The molecule has 1 saturated heterocycles. The van der Waals surface area contributed by atoms with Gasteiger partial charge in [0.1, 0.15) is 0 Å². The summed E-state index contributed by atoms with van der Waals surface area (Å²) < 4.78 is 5.52. The molecule has 0 spiro atoms. The highest BCUT2D eigenvalue weighted by Crippen LogP contribution is 2.33. The van der Waals surface area contributed by atoms with Gasteiger partial charge in [-0.2, -0.15) is 0 Å². The van der Waals surface area contributed by atoms with Crippen LogP contribution in [0.4, 0.5) is 0 Å². The number of aryl methyl sites for hydroxylation is 1. The minimum atomic E-state index is 0.359. The van der Waals surface area contributed by atoms with E-state index in [-0.39, 0.29) is 0 Å². The third-order valence-corrected chi connectivity index (χ3v) is 5.36. The maximum atomic E-state index is 5.52. The van der Waals surface area contributed by atoms with E-state index in [2.05, 4.69) is 57.9 Å². The molecule has 0 saturated carbocycles. The number of ether oxygens (including phenoxy) is 1. The monoisotopic (exact) mass is 340 g/mol. The molecular formula is C16H25BrN2O. The summed E-state index contributed by atoms with van der Waals surface area (Å²) in [6.07, 6.45) is 2.30. The van der Waals surface area contributed by atoms with Crippen LogP contribution in [-0.4, -0.2) is 41.5 Å². The van der Waals surface area contributed by atoms with Gasteiger partial charge in [-0.1, -0.05) is 28.9 Å². The fraction of sp³-hybridized carbons (Fsp3) is 0.688. The maximum Gasteiger partial charge on any atom is 0.0547 e. The molecule has 0 unspecified atom stereocenters. The molecule has 1 aromatic rings. The van der Waals surface area contributed by atoms with Crippen molar-refractivity contribution in [1.82, 2.24) is 9.88 Å². The predicted octanol–water partition coefficient (Wildman–Crippen LogP) is 3.40. The number of alkyl halides is 1. The highest BCUT2D eigenvalue weighted by atomic mass is 79.9. The SMILES string of the molecule is CCN(Cc1cccc(C)n1)CC1(CBr)CCOCC1. The van der Waals surface area contributed by atoms with Crippen LogP contribution in [0.15, 0.2) is 18.2 Å². The summed E-state index contributed by atoms with van der Waals surface area (Å²) in [6, 6.07) is 6.28. The standard InChI is InChI=1S/C16H25BrN2O/c1-3-19(11-15-6-4-5-14(2)18-15)13-16(12-17)7-9-20-10-8-16/h4-6H,3,7-13H2,1-2H3. The zero-order chi connectivity index (χ0) is 14.4. The normalized spacial score (nSPS) is 18.4. The second kappa shape index (κ2) is 7.53. The Balaban J connectivity index is 2.00. The van der Waals surface area contributed by atoms with Gasteiger partial charge in [0.2, 0.25) is 0 Å². The van der Waals surface area contributed by atoms with Crippen LogP contribution >= 0.6 is 15.9 Å². The van der Waals surface area contributed by atoms with E-state index in [0.717, 1.165) is 56.7 Å². The van der Waals surface area contributed by atoms with Crippen molar-refractivity contribution in [3.05, 3.63) is 29.6 Å². The summed E-state index contributed by atoms with van der Waals surface area (Å²) in [4.78, 5) is 7.13. The Morgan fingerprint density at radius 1 is 1.35 bits per heavy atom. The minimum Gasteiger partial charge on any atom is -0.381 e. The van der Waals surface area contributed by atoms with Crippen molar-refractivity contribution in [3.63, 3.8) is 0 Å². The van der Waals surface area contributed by atoms with Crippen molar-refractivity contribution < 1.29 is 4.74 Å². The summed E-state index contributed by atoms with van der Waals surface area (Å²) >= 11 is 3.73. The predicted molar refractivity (Wildman–Crippen MR) is 86.2 cm³/mol. The van der Waals surface area contributed by atoms with E-state index in [1.165, 1.54) is 5.69 Å². The lowest BCUT2D eigenvalue weighted by atomic mass is 9.82. The van der Waals surface area contributed by atoms with Gasteiger partial charge in [0.05, 0.1) is 5.69 Å². The molecule has 1 fully saturated rings. The quantitative estimate of drug-likeness (QED) is 0.742. The molecule has 0 atom stereocenters. The van der Waals surface area contributed by atoms with Crippen molar-refractivity contribution >= 4 is 15.9 Å². The number of pyridine rings is 1. The van der Waals surface area contributed by atoms with E-state index >= 15 is 0 Å². The highest BCUT2D eigenvalue weighted by molar-refractivity contribution is 9.09. The van der Waals surface area contributed by atoms with Crippen molar-refractivity contribution in [1.29, 1.82) is 0 Å². The smallest absolute Gasteiger partial charge is 0.0547 e. The van der Waals surface area contributed by atoms with Gasteiger partial charge >= 0.3 is 0 Å². The lowest BCUT2D eigenvalue weighted by Crippen LogP contribution is -2.42. The summed E-state index contributed by atoms with van der Waals surface area (Å²) in [5.74, 6) is 0. The lowest BCUT2D eigenvalue weighted by Gasteiger charge is -2.39. The summed E-state index contributed by atoms with van der Waals surface area (Å²) in [5, 5.41) is 1.06. The van der Waals surface area contributed by atoms with Crippen LogP contribution in [0.2, 0.25) is 0 Å². The van der Waals surface area contributed by atoms with Gasteiger partial charge in [0.15, 0.2) is 0 Å². The molecule has 2 rings (SSSR count). The zero-order valence-electron chi connectivity index (χ0n) is 12.6. The minimum absolute atomic E-state index is 0.359. The Bertz CT molecular complexity index is 419. The molecule has 112 valence electrons. The largest absolute Gasteiger partial charge is 0.381 e. The molecule has 0 aliphatic carbocycles. The molecule has 4 heteroatoms. The third-order valence-electron chi connectivity index (χ3n) is 4.17. The third kappa shape index (κ3) is 4.27. The molecule has 1 aliphatic rings. The van der Waals surface area contributed by atoms with Crippen LogP contribution in [0, 0.1) is 12.3 Å². The van der Waals surface area contributed by atoms with Crippen LogP contribution in [0.5, 0.6) is 0 Å². The number of hydrogen-bond donors (Lipinski definition) is 0. The van der Waals surface area contributed by atoms with Crippen LogP contribution in [-0.2, 0) is 11.3 Å². The number of rotatable bonds is 6. The number of aromatic nitrogens is 1. The summed E-state index contributed by atoms with van der Waals surface area (Å²) in [7, 11) is 0. The van der Waals surface area contributed by atoms with Gasteiger partial charge in [0.25, 0.3) is 0 Å². The molecule has 20 heavy (non-hydrogen) atoms. The first-order chi connectivity index (χ1) is 9.67. The fourth-order valence-electron chi connectivity index (χ4n) is 2.81. The van der Waals surface area contributed by atoms with Gasteiger partial charge in [-0.25, -0.2) is 0 Å². The molecule has 0 amide bonds. The van der Waals surface area contributed by atoms with Crippen LogP contribution in [0.25, 0.3) is 0 Å².